The van der Waals surface area contributed by atoms with E-state index in [0.29, 0.717) is 6.07 Å². The summed E-state index contributed by atoms with van der Waals surface area (Å²) in [4.78, 5) is 0. The summed E-state index contributed by atoms with van der Waals surface area (Å²) in [5.41, 5.74) is -0.343. The minimum atomic E-state index is -4.44. The highest BCUT2D eigenvalue weighted by Gasteiger charge is 2.27. The van der Waals surface area contributed by atoms with E-state index in [-0.39, 0.29) is 18.8 Å². The van der Waals surface area contributed by atoms with Crippen molar-refractivity contribution < 1.29 is 31.1 Å². The molecule has 0 unspecified atom stereocenters. The standard InChI is InChI=1S/C10H9F6NO/c11-6-1-2-7(9(13)8(6)12)17-3-4-18-5-10(14,15)16/h1-2,17H,3-5H2. The maximum absolute atomic E-state index is 13.1. The minimum absolute atomic E-state index is 0.169. The lowest BCUT2D eigenvalue weighted by atomic mass is 10.3. The molecule has 0 saturated heterocycles. The molecule has 0 amide bonds. The van der Waals surface area contributed by atoms with E-state index >= 15 is 0 Å². The summed E-state index contributed by atoms with van der Waals surface area (Å²) < 4.78 is 77.6. The molecule has 102 valence electrons. The molecule has 8 heteroatoms. The molecule has 0 spiro atoms. The number of rotatable bonds is 5. The molecule has 0 radical (unpaired) electrons. The largest absolute Gasteiger partial charge is 0.411 e. The summed E-state index contributed by atoms with van der Waals surface area (Å²) in [6.07, 6.45) is -4.44. The number of alkyl halides is 3. The van der Waals surface area contributed by atoms with Crippen molar-refractivity contribution in [2.45, 2.75) is 6.18 Å². The van der Waals surface area contributed by atoms with Gasteiger partial charge in [-0.15, -0.1) is 0 Å². The zero-order valence-corrected chi connectivity index (χ0v) is 8.95. The summed E-state index contributed by atoms with van der Waals surface area (Å²) in [5, 5.41) is 2.29. The van der Waals surface area contributed by atoms with E-state index in [0.717, 1.165) is 6.07 Å². The first kappa shape index (κ1) is 14.6. The highest BCUT2D eigenvalue weighted by Crippen LogP contribution is 2.19. The molecule has 0 aromatic heterocycles. The number of halogens is 6. The van der Waals surface area contributed by atoms with E-state index in [1.54, 1.807) is 0 Å². The molecule has 0 fully saturated rings. The van der Waals surface area contributed by atoms with Crippen molar-refractivity contribution >= 4 is 5.69 Å². The molecule has 1 aromatic rings. The van der Waals surface area contributed by atoms with E-state index in [1.807, 2.05) is 0 Å². The fraction of sp³-hybridized carbons (Fsp3) is 0.400. The van der Waals surface area contributed by atoms with Gasteiger partial charge in [0.25, 0.3) is 0 Å². The second-order valence-corrected chi connectivity index (χ2v) is 3.32. The van der Waals surface area contributed by atoms with Crippen LogP contribution in [0.3, 0.4) is 0 Å². The van der Waals surface area contributed by atoms with E-state index in [9.17, 15) is 26.3 Å². The van der Waals surface area contributed by atoms with Gasteiger partial charge >= 0.3 is 6.18 Å². The fourth-order valence-corrected chi connectivity index (χ4v) is 1.11. The monoisotopic (exact) mass is 273 g/mol. The number of benzene rings is 1. The maximum atomic E-state index is 13.1. The third-order valence-electron chi connectivity index (χ3n) is 1.86. The van der Waals surface area contributed by atoms with Crippen LogP contribution in [0.15, 0.2) is 12.1 Å². The Balaban J connectivity index is 2.39. The summed E-state index contributed by atoms with van der Waals surface area (Å²) in [7, 11) is 0. The summed E-state index contributed by atoms with van der Waals surface area (Å²) >= 11 is 0. The molecular weight excluding hydrogens is 264 g/mol. The molecule has 2 nitrogen and oxygen atoms in total. The highest BCUT2D eigenvalue weighted by molar-refractivity contribution is 5.45. The van der Waals surface area contributed by atoms with E-state index < -0.39 is 30.2 Å². The minimum Gasteiger partial charge on any atom is -0.380 e. The van der Waals surface area contributed by atoms with Crippen molar-refractivity contribution in [1.29, 1.82) is 0 Å². The Labute approximate surface area is 98.5 Å². The average molecular weight is 273 g/mol. The van der Waals surface area contributed by atoms with Crippen LogP contribution in [0.2, 0.25) is 0 Å². The molecule has 0 aliphatic rings. The Bertz CT molecular complexity index is 406. The average Bonchev–Trinajstić information content (AvgIpc) is 2.27. The van der Waals surface area contributed by atoms with Gasteiger partial charge < -0.3 is 10.1 Å². The normalized spacial score (nSPS) is 11.7. The number of ether oxygens (including phenoxy) is 1. The van der Waals surface area contributed by atoms with Gasteiger partial charge in [-0.3, -0.25) is 0 Å². The Hall–Kier alpha value is -1.44. The molecule has 0 atom stereocenters. The van der Waals surface area contributed by atoms with Gasteiger partial charge in [0.15, 0.2) is 17.5 Å². The Morgan fingerprint density at radius 3 is 2.33 bits per heavy atom. The van der Waals surface area contributed by atoms with Crippen LogP contribution in [0.5, 0.6) is 0 Å². The Morgan fingerprint density at radius 1 is 1.06 bits per heavy atom. The van der Waals surface area contributed by atoms with Crippen LogP contribution in [0, 0.1) is 17.5 Å². The highest BCUT2D eigenvalue weighted by atomic mass is 19.4. The third kappa shape index (κ3) is 4.44. The molecule has 1 aromatic carbocycles. The first-order valence-electron chi connectivity index (χ1n) is 4.83. The molecule has 0 aliphatic heterocycles. The Kier molecular flexibility index (Phi) is 4.83. The second-order valence-electron chi connectivity index (χ2n) is 3.32. The maximum Gasteiger partial charge on any atom is 0.411 e. The zero-order valence-electron chi connectivity index (χ0n) is 8.95. The topological polar surface area (TPSA) is 21.3 Å². The quantitative estimate of drug-likeness (QED) is 0.505. The molecule has 1 N–H and O–H groups in total. The summed E-state index contributed by atoms with van der Waals surface area (Å²) in [5.74, 6) is -4.41. The first-order valence-corrected chi connectivity index (χ1v) is 4.83. The number of anilines is 1. The van der Waals surface area contributed by atoms with E-state index in [4.69, 9.17) is 0 Å². The SMILES string of the molecule is Fc1ccc(NCCOCC(F)(F)F)c(F)c1F. The molecule has 0 saturated carbocycles. The lowest BCUT2D eigenvalue weighted by molar-refractivity contribution is -0.172. The smallest absolute Gasteiger partial charge is 0.380 e. The molecule has 1 rings (SSSR count). The lowest BCUT2D eigenvalue weighted by Crippen LogP contribution is -2.20. The molecule has 18 heavy (non-hydrogen) atoms. The third-order valence-corrected chi connectivity index (χ3v) is 1.86. The number of hydrogen-bond acceptors (Lipinski definition) is 2. The van der Waals surface area contributed by atoms with Crippen LogP contribution in [-0.4, -0.2) is 25.9 Å². The van der Waals surface area contributed by atoms with Gasteiger partial charge in [0.05, 0.1) is 12.3 Å². The van der Waals surface area contributed by atoms with Gasteiger partial charge in [-0.05, 0) is 12.1 Å². The van der Waals surface area contributed by atoms with Crippen molar-refractivity contribution in [3.8, 4) is 0 Å². The number of hydrogen-bond donors (Lipinski definition) is 1. The summed E-state index contributed by atoms with van der Waals surface area (Å²) in [6, 6.07) is 1.65. The van der Waals surface area contributed by atoms with Gasteiger partial charge in [-0.1, -0.05) is 0 Å². The second kappa shape index (κ2) is 5.94. The van der Waals surface area contributed by atoms with Gasteiger partial charge in [-0.25, -0.2) is 13.2 Å². The van der Waals surface area contributed by atoms with E-state index in [1.165, 1.54) is 0 Å². The number of nitrogens with one attached hydrogen (secondary N) is 1. The van der Waals surface area contributed by atoms with Crippen molar-refractivity contribution in [2.24, 2.45) is 0 Å². The van der Waals surface area contributed by atoms with Crippen LogP contribution in [0.25, 0.3) is 0 Å². The van der Waals surface area contributed by atoms with Crippen LogP contribution in [0.4, 0.5) is 32.0 Å². The lowest BCUT2D eigenvalue weighted by Gasteiger charge is -2.10. The predicted octanol–water partition coefficient (Wildman–Crippen LogP) is 3.09. The fourth-order valence-electron chi connectivity index (χ4n) is 1.11. The van der Waals surface area contributed by atoms with Gasteiger partial charge in [0.1, 0.15) is 6.61 Å². The van der Waals surface area contributed by atoms with Crippen molar-refractivity contribution in [2.75, 3.05) is 25.1 Å². The van der Waals surface area contributed by atoms with Crippen molar-refractivity contribution in [3.63, 3.8) is 0 Å². The molecular formula is C10H9F6NO. The summed E-state index contributed by atoms with van der Waals surface area (Å²) in [6.45, 7) is -1.94. The van der Waals surface area contributed by atoms with Crippen LogP contribution in [-0.2, 0) is 4.74 Å². The predicted molar refractivity (Wildman–Crippen MR) is 51.7 cm³/mol. The zero-order chi connectivity index (χ0) is 13.8. The first-order chi connectivity index (χ1) is 8.31. The van der Waals surface area contributed by atoms with Crippen molar-refractivity contribution in [3.05, 3.63) is 29.6 Å². The van der Waals surface area contributed by atoms with Crippen LogP contribution in [0.1, 0.15) is 0 Å². The van der Waals surface area contributed by atoms with Crippen LogP contribution < -0.4 is 5.32 Å². The molecule has 0 aliphatic carbocycles. The van der Waals surface area contributed by atoms with Gasteiger partial charge in [0, 0.05) is 6.54 Å². The van der Waals surface area contributed by atoms with Gasteiger partial charge in [0.2, 0.25) is 0 Å². The van der Waals surface area contributed by atoms with Crippen LogP contribution >= 0.6 is 0 Å². The van der Waals surface area contributed by atoms with Gasteiger partial charge in [-0.2, -0.15) is 13.2 Å². The Morgan fingerprint density at radius 2 is 1.72 bits per heavy atom. The van der Waals surface area contributed by atoms with E-state index in [2.05, 4.69) is 10.1 Å². The molecule has 0 bridgehead atoms. The van der Waals surface area contributed by atoms with Crippen molar-refractivity contribution in [1.82, 2.24) is 0 Å². The molecule has 0 heterocycles.